The van der Waals surface area contributed by atoms with Crippen molar-refractivity contribution >= 4 is 49.5 Å². The minimum atomic E-state index is -5.70. The number of aryl methyl sites for hydroxylation is 1. The van der Waals surface area contributed by atoms with Crippen LogP contribution in [0.25, 0.3) is 0 Å². The van der Waals surface area contributed by atoms with Crippen LogP contribution in [0.3, 0.4) is 0 Å². The molecule has 1 fully saturated rings. The van der Waals surface area contributed by atoms with E-state index in [9.17, 15) is 26.4 Å². The van der Waals surface area contributed by atoms with Crippen molar-refractivity contribution < 1.29 is 31.1 Å². The summed E-state index contributed by atoms with van der Waals surface area (Å²) in [6.45, 7) is 4.65. The largest absolute Gasteiger partial charge is 0.516 e. The Morgan fingerprint density at radius 2 is 1.95 bits per heavy atom. The van der Waals surface area contributed by atoms with Gasteiger partial charge in [0.15, 0.2) is 0 Å². The van der Waals surface area contributed by atoms with Crippen molar-refractivity contribution in [2.75, 3.05) is 16.2 Å². The molecule has 1 aromatic carbocycles. The van der Waals surface area contributed by atoms with Crippen LogP contribution < -0.4 is 9.62 Å². The van der Waals surface area contributed by atoms with Gasteiger partial charge in [-0.1, -0.05) is 18.3 Å². The number of nitrogens with one attached hydrogen (secondary N) is 1. The van der Waals surface area contributed by atoms with E-state index in [1.807, 2.05) is 18.7 Å². The fraction of sp³-hybridized carbons (Fsp3) is 0.591. The van der Waals surface area contributed by atoms with Gasteiger partial charge in [-0.25, -0.2) is 4.79 Å². The van der Waals surface area contributed by atoms with Crippen molar-refractivity contribution in [3.05, 3.63) is 22.7 Å². The molecule has 2 aliphatic rings. The minimum Gasteiger partial charge on any atom is -0.457 e. The van der Waals surface area contributed by atoms with Gasteiger partial charge in [-0.15, -0.1) is 20.4 Å². The first-order chi connectivity index (χ1) is 17.5. The molecule has 15 heteroatoms. The van der Waals surface area contributed by atoms with Gasteiger partial charge in [0.2, 0.25) is 5.01 Å². The number of fused-ring (bicyclic) bond motifs is 1. The van der Waals surface area contributed by atoms with Crippen molar-refractivity contribution in [1.82, 2.24) is 10.2 Å². The van der Waals surface area contributed by atoms with E-state index in [0.29, 0.717) is 18.7 Å². The van der Waals surface area contributed by atoms with Crippen LogP contribution in [0.2, 0.25) is 0 Å². The zero-order chi connectivity index (χ0) is 26.8. The SMILES string of the molecule is CCCN1c2cc(NS(=O)(=O)C(F)(F)F)c(N=Nc3nnc(C(=O)OC4CCCC4)s3)cc2CCC1C. The van der Waals surface area contributed by atoms with Crippen molar-refractivity contribution in [1.29, 1.82) is 0 Å². The van der Waals surface area contributed by atoms with Crippen LogP contribution in [0, 0.1) is 0 Å². The molecule has 0 spiro atoms. The Hall–Kier alpha value is -2.81. The third-order valence-corrected chi connectivity index (χ3v) is 8.18. The van der Waals surface area contributed by atoms with Crippen molar-refractivity contribution in [3.63, 3.8) is 0 Å². The highest BCUT2D eigenvalue weighted by Crippen LogP contribution is 2.41. The quantitative estimate of drug-likeness (QED) is 0.316. The molecule has 0 amide bonds. The number of alkyl halides is 3. The molecule has 1 aliphatic heterocycles. The fourth-order valence-electron chi connectivity index (χ4n) is 4.44. The maximum Gasteiger partial charge on any atom is 0.516 e. The lowest BCUT2D eigenvalue weighted by Crippen LogP contribution is -2.38. The molecule has 4 rings (SSSR count). The molecule has 1 saturated carbocycles. The standard InChI is InChI=1S/C22H27F3N6O4S2/c1-3-10-31-13(2)8-9-14-11-16(17(12-18(14)31)30-37(33,34)22(23,24)25)26-28-21-29-27-19(36-21)20(32)35-15-6-4-5-7-15/h11-13,15,30H,3-10H2,1-2H3. The highest BCUT2D eigenvalue weighted by Gasteiger charge is 2.46. The summed E-state index contributed by atoms with van der Waals surface area (Å²) in [6.07, 6.45) is 5.67. The molecule has 1 unspecified atom stereocenters. The maximum absolute atomic E-state index is 13.1. The van der Waals surface area contributed by atoms with Gasteiger partial charge in [0.25, 0.3) is 5.13 Å². The molecule has 0 radical (unpaired) electrons. The molecule has 0 bridgehead atoms. The highest BCUT2D eigenvalue weighted by molar-refractivity contribution is 7.93. The van der Waals surface area contributed by atoms with Crippen molar-refractivity contribution in [2.45, 2.75) is 76.4 Å². The van der Waals surface area contributed by atoms with E-state index in [-0.39, 0.29) is 33.7 Å². The molecule has 1 atom stereocenters. The molecule has 10 nitrogen and oxygen atoms in total. The van der Waals surface area contributed by atoms with Gasteiger partial charge >= 0.3 is 21.5 Å². The van der Waals surface area contributed by atoms with Gasteiger partial charge in [-0.05, 0) is 69.6 Å². The summed E-state index contributed by atoms with van der Waals surface area (Å²) < 4.78 is 70.3. The van der Waals surface area contributed by atoms with E-state index >= 15 is 0 Å². The Morgan fingerprint density at radius 3 is 2.62 bits per heavy atom. The predicted octanol–water partition coefficient (Wildman–Crippen LogP) is 5.87. The number of rotatable bonds is 8. The van der Waals surface area contributed by atoms with Crippen molar-refractivity contribution in [2.24, 2.45) is 10.2 Å². The average Bonchev–Trinajstić information content (AvgIpc) is 3.51. The third-order valence-electron chi connectivity index (χ3n) is 6.29. The van der Waals surface area contributed by atoms with Crippen LogP contribution in [0.1, 0.15) is 67.7 Å². The zero-order valence-electron chi connectivity index (χ0n) is 20.3. The van der Waals surface area contributed by atoms with Gasteiger partial charge in [0.05, 0.1) is 5.69 Å². The van der Waals surface area contributed by atoms with E-state index in [1.165, 1.54) is 12.1 Å². The van der Waals surface area contributed by atoms with Crippen LogP contribution in [-0.4, -0.2) is 48.8 Å². The molecular weight excluding hydrogens is 533 g/mol. The van der Waals surface area contributed by atoms with Crippen LogP contribution >= 0.6 is 11.3 Å². The zero-order valence-corrected chi connectivity index (χ0v) is 21.9. The Kier molecular flexibility index (Phi) is 8.02. The Bertz CT molecular complexity index is 1280. The van der Waals surface area contributed by atoms with Gasteiger partial charge in [-0.2, -0.15) is 21.6 Å². The number of sulfonamides is 1. The number of benzene rings is 1. The summed E-state index contributed by atoms with van der Waals surface area (Å²) in [4.78, 5) is 14.3. The summed E-state index contributed by atoms with van der Waals surface area (Å²) >= 11 is 0.819. The number of hydrogen-bond acceptors (Lipinski definition) is 10. The molecule has 1 N–H and O–H groups in total. The van der Waals surface area contributed by atoms with E-state index in [4.69, 9.17) is 4.74 Å². The number of aromatic nitrogens is 2. The van der Waals surface area contributed by atoms with Crippen LogP contribution in [0.4, 0.5) is 35.4 Å². The normalized spacial score (nSPS) is 18.8. The number of hydrogen-bond donors (Lipinski definition) is 1. The number of nitrogens with zero attached hydrogens (tertiary/aromatic N) is 5. The highest BCUT2D eigenvalue weighted by atomic mass is 32.2. The second kappa shape index (κ2) is 10.9. The first-order valence-electron chi connectivity index (χ1n) is 12.0. The number of anilines is 2. The molecule has 2 aromatic rings. The molecule has 202 valence electrons. The fourth-order valence-corrected chi connectivity index (χ4v) is 5.56. The predicted molar refractivity (Wildman–Crippen MR) is 132 cm³/mol. The number of esters is 1. The molecule has 2 heterocycles. The summed E-state index contributed by atoms with van der Waals surface area (Å²) in [6, 6.07) is 3.02. The topological polar surface area (TPSA) is 126 Å². The lowest BCUT2D eigenvalue weighted by atomic mass is 9.95. The number of azo groups is 1. The Labute approximate surface area is 216 Å². The van der Waals surface area contributed by atoms with Crippen LogP contribution in [0.5, 0.6) is 0 Å². The van der Waals surface area contributed by atoms with Crippen LogP contribution in [0.15, 0.2) is 22.4 Å². The summed E-state index contributed by atoms with van der Waals surface area (Å²) in [5.41, 5.74) is -4.52. The monoisotopic (exact) mass is 560 g/mol. The van der Waals surface area contributed by atoms with Gasteiger partial charge in [0, 0.05) is 18.3 Å². The summed E-state index contributed by atoms with van der Waals surface area (Å²) in [5, 5.41) is 15.4. The average molecular weight is 561 g/mol. The van der Waals surface area contributed by atoms with E-state index in [2.05, 4.69) is 20.4 Å². The molecular formula is C22H27F3N6O4S2. The van der Waals surface area contributed by atoms with E-state index in [1.54, 1.807) is 4.72 Å². The first kappa shape index (κ1) is 27.2. The van der Waals surface area contributed by atoms with E-state index < -0.39 is 21.5 Å². The van der Waals surface area contributed by atoms with Gasteiger partial charge < -0.3 is 9.64 Å². The minimum absolute atomic E-state index is 0.0199. The van der Waals surface area contributed by atoms with Gasteiger partial charge in [-0.3, -0.25) is 4.72 Å². The molecule has 1 aromatic heterocycles. The summed E-state index contributed by atoms with van der Waals surface area (Å²) in [5.74, 6) is -0.622. The molecule has 0 saturated heterocycles. The maximum atomic E-state index is 13.1. The van der Waals surface area contributed by atoms with Crippen LogP contribution in [-0.2, 0) is 21.2 Å². The third kappa shape index (κ3) is 6.20. The smallest absolute Gasteiger partial charge is 0.457 e. The number of ether oxygens (including phenoxy) is 1. The summed E-state index contributed by atoms with van der Waals surface area (Å²) in [7, 11) is -5.70. The lowest BCUT2D eigenvalue weighted by molar-refractivity contribution is -0.0429. The Morgan fingerprint density at radius 1 is 1.22 bits per heavy atom. The second-order valence-electron chi connectivity index (χ2n) is 9.03. The molecule has 37 heavy (non-hydrogen) atoms. The second-order valence-corrected chi connectivity index (χ2v) is 11.7. The number of carbonyl (C=O) groups excluding carboxylic acids is 1. The Balaban J connectivity index is 1.64. The molecule has 1 aliphatic carbocycles. The number of halogens is 3. The van der Waals surface area contributed by atoms with E-state index in [0.717, 1.165) is 55.4 Å². The number of carbonyl (C=O) groups is 1. The first-order valence-corrected chi connectivity index (χ1v) is 14.3. The van der Waals surface area contributed by atoms with Crippen molar-refractivity contribution in [3.8, 4) is 0 Å². The lowest BCUT2D eigenvalue weighted by Gasteiger charge is -2.37. The van der Waals surface area contributed by atoms with Gasteiger partial charge in [0.1, 0.15) is 11.8 Å².